The van der Waals surface area contributed by atoms with E-state index in [1.54, 1.807) is 0 Å². The molecule has 0 heterocycles. The molecule has 170 valence electrons. The fourth-order valence-corrected chi connectivity index (χ4v) is 4.24. The second-order valence-electron chi connectivity index (χ2n) is 9.62. The zero-order valence-corrected chi connectivity index (χ0v) is 21.3. The molecule has 0 radical (unpaired) electrons. The van der Waals surface area contributed by atoms with Crippen LogP contribution in [0.5, 0.6) is 0 Å². The quantitative estimate of drug-likeness (QED) is 0.179. The van der Waals surface area contributed by atoms with Crippen LogP contribution in [0.3, 0.4) is 0 Å². The molecule has 1 aromatic carbocycles. The van der Waals surface area contributed by atoms with E-state index in [1.165, 1.54) is 0 Å². The second-order valence-corrected chi connectivity index (χ2v) is 14.4. The topological polar surface area (TPSA) is 47.6 Å². The minimum absolute atomic E-state index is 0.0224. The number of nitrogens with one attached hydrogen (secondary N) is 1. The molecule has 0 aliphatic carbocycles. The highest BCUT2D eigenvalue weighted by molar-refractivity contribution is 6.74. The largest absolute Gasteiger partial charge is 0.465 e. The van der Waals surface area contributed by atoms with Gasteiger partial charge in [-0.15, -0.1) is 0 Å². The number of carbonyl (C=O) groups is 1. The molecule has 1 rings (SSSR count). The summed E-state index contributed by atoms with van der Waals surface area (Å²) < 4.78 is 11.9. The first kappa shape index (κ1) is 26.6. The fraction of sp³-hybridized carbons (Fsp3) is 0.640. The van der Waals surface area contributed by atoms with Crippen molar-refractivity contribution in [3.8, 4) is 0 Å². The number of hydrogen-bond acceptors (Lipinski definition) is 4. The van der Waals surface area contributed by atoms with Gasteiger partial charge in [0.05, 0.1) is 12.7 Å². The highest BCUT2D eigenvalue weighted by atomic mass is 28.4. The zero-order valence-electron chi connectivity index (χ0n) is 20.3. The van der Waals surface area contributed by atoms with Crippen molar-refractivity contribution in [2.24, 2.45) is 0 Å². The Bertz CT molecular complexity index is 652. The molecule has 0 spiro atoms. The Kier molecular flexibility index (Phi) is 11.0. The van der Waals surface area contributed by atoms with Crippen molar-refractivity contribution in [1.29, 1.82) is 0 Å². The molecule has 0 bridgehead atoms. The van der Waals surface area contributed by atoms with Gasteiger partial charge in [0.25, 0.3) is 0 Å². The lowest BCUT2D eigenvalue weighted by Gasteiger charge is -2.37. The van der Waals surface area contributed by atoms with Gasteiger partial charge in [-0.25, -0.2) is 0 Å². The first-order chi connectivity index (χ1) is 14.0. The Morgan fingerprint density at radius 1 is 1.17 bits per heavy atom. The Morgan fingerprint density at radius 3 is 2.37 bits per heavy atom. The van der Waals surface area contributed by atoms with Crippen LogP contribution >= 0.6 is 0 Å². The Morgan fingerprint density at radius 2 is 1.80 bits per heavy atom. The van der Waals surface area contributed by atoms with Crippen LogP contribution < -0.4 is 5.32 Å². The van der Waals surface area contributed by atoms with Crippen LogP contribution in [0.2, 0.25) is 18.1 Å². The molecule has 0 fully saturated rings. The monoisotopic (exact) mass is 433 g/mol. The van der Waals surface area contributed by atoms with Crippen molar-refractivity contribution in [1.82, 2.24) is 5.32 Å². The number of benzene rings is 1. The van der Waals surface area contributed by atoms with Crippen molar-refractivity contribution in [3.63, 3.8) is 0 Å². The van der Waals surface area contributed by atoms with Gasteiger partial charge < -0.3 is 9.16 Å². The maximum absolute atomic E-state index is 12.7. The minimum Gasteiger partial charge on any atom is -0.465 e. The minimum atomic E-state index is -1.82. The average molecular weight is 434 g/mol. The third-order valence-electron chi connectivity index (χ3n) is 5.84. The summed E-state index contributed by atoms with van der Waals surface area (Å²) in [7, 11) is -1.82. The lowest BCUT2D eigenvalue weighted by molar-refractivity contribution is -0.146. The van der Waals surface area contributed by atoms with Gasteiger partial charge in [0, 0.05) is 6.04 Å². The van der Waals surface area contributed by atoms with Crippen LogP contribution in [-0.2, 0) is 14.0 Å². The Balaban J connectivity index is 2.77. The molecule has 4 nitrogen and oxygen atoms in total. The molecule has 1 N–H and O–H groups in total. The van der Waals surface area contributed by atoms with Gasteiger partial charge in [0.2, 0.25) is 0 Å². The number of rotatable bonds is 12. The van der Waals surface area contributed by atoms with Gasteiger partial charge in [-0.3, -0.25) is 10.1 Å². The maximum atomic E-state index is 12.7. The molecule has 5 heteroatoms. The number of carbonyl (C=O) groups excluding carboxylic acids is 1. The van der Waals surface area contributed by atoms with Crippen LogP contribution in [0.15, 0.2) is 42.5 Å². The van der Waals surface area contributed by atoms with E-state index in [1.807, 2.05) is 24.3 Å². The predicted octanol–water partition coefficient (Wildman–Crippen LogP) is 6.41. The molecule has 0 aromatic heterocycles. The summed E-state index contributed by atoms with van der Waals surface area (Å²) in [6, 6.07) is 9.85. The summed E-state index contributed by atoms with van der Waals surface area (Å²) in [6.45, 7) is 18.0. The highest BCUT2D eigenvalue weighted by Gasteiger charge is 2.38. The van der Waals surface area contributed by atoms with E-state index in [4.69, 9.17) is 9.16 Å². The van der Waals surface area contributed by atoms with Gasteiger partial charge in [-0.05, 0) is 50.4 Å². The van der Waals surface area contributed by atoms with Gasteiger partial charge in [-0.2, -0.15) is 0 Å². The lowest BCUT2D eigenvalue weighted by atomic mass is 10.1. The van der Waals surface area contributed by atoms with Crippen molar-refractivity contribution in [2.75, 3.05) is 6.61 Å². The van der Waals surface area contributed by atoms with Crippen molar-refractivity contribution < 1.29 is 14.0 Å². The van der Waals surface area contributed by atoms with E-state index in [0.29, 0.717) is 13.0 Å². The number of esters is 1. The number of hydrogen-bond donors (Lipinski definition) is 1. The van der Waals surface area contributed by atoms with E-state index in [9.17, 15) is 4.79 Å². The molecule has 0 aliphatic rings. The smallest absolute Gasteiger partial charge is 0.323 e. The normalized spacial score (nSPS) is 15.7. The van der Waals surface area contributed by atoms with E-state index in [2.05, 4.69) is 78.2 Å². The average Bonchev–Trinajstić information content (AvgIpc) is 2.66. The van der Waals surface area contributed by atoms with Gasteiger partial charge in [0.1, 0.15) is 6.04 Å². The summed E-state index contributed by atoms with van der Waals surface area (Å²) in [4.78, 5) is 12.7. The maximum Gasteiger partial charge on any atom is 0.323 e. The van der Waals surface area contributed by atoms with Crippen molar-refractivity contribution >= 4 is 14.3 Å². The van der Waals surface area contributed by atoms with Crippen LogP contribution in [0.4, 0.5) is 0 Å². The van der Waals surface area contributed by atoms with E-state index < -0.39 is 8.32 Å². The van der Waals surface area contributed by atoms with Crippen LogP contribution in [0.25, 0.3) is 0 Å². The Labute approximate surface area is 185 Å². The third-order valence-corrected chi connectivity index (χ3v) is 10.4. The molecule has 0 amide bonds. The summed E-state index contributed by atoms with van der Waals surface area (Å²) >= 11 is 0. The SMILES string of the molecule is CCCCOC(=O)[C@H](C/C=C/[C@H](C)O[Si](C)(C)C(C)(C)C)N[C@@H](C)c1ccccc1. The molecule has 0 unspecified atom stereocenters. The first-order valence-electron chi connectivity index (χ1n) is 11.3. The second kappa shape index (κ2) is 12.4. The lowest BCUT2D eigenvalue weighted by Crippen LogP contribution is -2.43. The van der Waals surface area contributed by atoms with Crippen molar-refractivity contribution in [2.45, 2.75) is 97.1 Å². The summed E-state index contributed by atoms with van der Waals surface area (Å²) in [5, 5.41) is 3.62. The zero-order chi connectivity index (χ0) is 22.8. The highest BCUT2D eigenvalue weighted by Crippen LogP contribution is 2.37. The molecule has 1 aromatic rings. The standard InChI is InChI=1S/C25H43NO3Si/c1-9-10-19-28-24(27)23(26-21(3)22-16-12-11-13-17-22)18-14-15-20(2)29-30(7,8)25(4,5)6/h11-17,20-21,23,26H,9-10,18-19H2,1-8H3/b15-14+/t20-,21-,23-/m0/s1. The predicted molar refractivity (Wildman–Crippen MR) is 129 cm³/mol. The van der Waals surface area contributed by atoms with Crippen LogP contribution in [-0.4, -0.2) is 33.0 Å². The fourth-order valence-electron chi connectivity index (χ4n) is 2.88. The molecule has 0 aliphatic heterocycles. The van der Waals surface area contributed by atoms with Gasteiger partial charge in [-0.1, -0.05) is 76.6 Å². The molecule has 0 saturated heterocycles. The van der Waals surface area contributed by atoms with Crippen molar-refractivity contribution in [3.05, 3.63) is 48.0 Å². The molecule has 3 atom stereocenters. The van der Waals surface area contributed by atoms with Crippen LogP contribution in [0, 0.1) is 0 Å². The van der Waals surface area contributed by atoms with E-state index in [-0.39, 0.29) is 29.2 Å². The first-order valence-corrected chi connectivity index (χ1v) is 14.2. The van der Waals surface area contributed by atoms with Gasteiger partial charge >= 0.3 is 5.97 Å². The number of unbranched alkanes of at least 4 members (excludes halogenated alkanes) is 1. The molecule has 30 heavy (non-hydrogen) atoms. The Hall–Kier alpha value is -1.43. The third kappa shape index (κ3) is 9.15. The summed E-state index contributed by atoms with van der Waals surface area (Å²) in [5.41, 5.74) is 1.16. The van der Waals surface area contributed by atoms with Crippen LogP contribution in [0.1, 0.15) is 72.4 Å². The van der Waals surface area contributed by atoms with Gasteiger partial charge in [0.15, 0.2) is 8.32 Å². The van der Waals surface area contributed by atoms with E-state index >= 15 is 0 Å². The molecule has 0 saturated carbocycles. The van der Waals surface area contributed by atoms with E-state index in [0.717, 1.165) is 18.4 Å². The molecular formula is C25H43NO3Si. The number of ether oxygens (including phenoxy) is 1. The molecular weight excluding hydrogens is 390 g/mol. The summed E-state index contributed by atoms with van der Waals surface area (Å²) in [5.74, 6) is -0.186. The summed E-state index contributed by atoms with van der Waals surface area (Å²) in [6.07, 6.45) is 6.62.